The van der Waals surface area contributed by atoms with Crippen molar-refractivity contribution in [2.24, 2.45) is 0 Å². The summed E-state index contributed by atoms with van der Waals surface area (Å²) in [4.78, 5) is 0. The van der Waals surface area contributed by atoms with Gasteiger partial charge in [-0.3, -0.25) is 0 Å². The van der Waals surface area contributed by atoms with Gasteiger partial charge in [0, 0.05) is 5.56 Å². The molecule has 0 bridgehead atoms. The van der Waals surface area contributed by atoms with E-state index in [4.69, 9.17) is 0 Å². The van der Waals surface area contributed by atoms with Crippen molar-refractivity contribution in [1.29, 1.82) is 5.26 Å². The highest BCUT2D eigenvalue weighted by atomic mass is 19.4. The van der Waals surface area contributed by atoms with E-state index in [0.717, 1.165) is 17.7 Å². The van der Waals surface area contributed by atoms with Gasteiger partial charge < -0.3 is 5.11 Å². The topological polar surface area (TPSA) is 44.0 Å². The predicted molar refractivity (Wildman–Crippen MR) is 91.6 cm³/mol. The zero-order chi connectivity index (χ0) is 18.8. The Labute approximate surface area is 144 Å². The lowest BCUT2D eigenvalue weighted by molar-refractivity contribution is -0.137. The number of aliphatic hydroxyl groups excluding tert-OH is 1. The molecule has 0 amide bonds. The molecule has 0 radical (unpaired) electrons. The average Bonchev–Trinajstić information content (AvgIpc) is 2.54. The zero-order valence-electron chi connectivity index (χ0n) is 14.1. The van der Waals surface area contributed by atoms with Crippen LogP contribution in [-0.2, 0) is 11.6 Å². The van der Waals surface area contributed by atoms with Gasteiger partial charge in [0.15, 0.2) is 0 Å². The summed E-state index contributed by atoms with van der Waals surface area (Å²) in [7, 11) is 0. The Morgan fingerprint density at radius 3 is 2.00 bits per heavy atom. The Bertz CT molecular complexity index is 835. The van der Waals surface area contributed by atoms with Crippen molar-refractivity contribution in [1.82, 2.24) is 0 Å². The molecule has 0 aliphatic heterocycles. The van der Waals surface area contributed by atoms with Gasteiger partial charge in [-0.1, -0.05) is 63.2 Å². The van der Waals surface area contributed by atoms with E-state index in [-0.39, 0.29) is 11.0 Å². The quantitative estimate of drug-likeness (QED) is 0.415. The molecule has 0 aromatic heterocycles. The monoisotopic (exact) mass is 345 g/mol. The van der Waals surface area contributed by atoms with Crippen molar-refractivity contribution in [3.8, 4) is 6.07 Å². The van der Waals surface area contributed by atoms with E-state index in [9.17, 15) is 23.5 Å². The fraction of sp³-hybridized carbons (Fsp3) is 0.250. The molecule has 2 nitrogen and oxygen atoms in total. The molecule has 0 aliphatic carbocycles. The zero-order valence-corrected chi connectivity index (χ0v) is 14.1. The third-order valence-electron chi connectivity index (χ3n) is 3.88. The van der Waals surface area contributed by atoms with Crippen LogP contribution in [-0.4, -0.2) is 5.11 Å². The highest BCUT2D eigenvalue weighted by Gasteiger charge is 2.34. The number of alkyl halides is 3. The second-order valence-electron chi connectivity index (χ2n) is 6.71. The molecule has 0 heterocycles. The number of nitriles is 1. The molecular weight excluding hydrogens is 327 g/mol. The van der Waals surface area contributed by atoms with Gasteiger partial charge in [-0.15, -0.1) is 0 Å². The molecule has 2 aromatic carbocycles. The van der Waals surface area contributed by atoms with E-state index in [1.54, 1.807) is 24.3 Å². The van der Waals surface area contributed by atoms with Gasteiger partial charge >= 0.3 is 6.18 Å². The summed E-state index contributed by atoms with van der Waals surface area (Å²) in [6.07, 6.45) is -4.62. The summed E-state index contributed by atoms with van der Waals surface area (Å²) in [6, 6.07) is 13.3. The number of hydrogen-bond acceptors (Lipinski definition) is 2. The maximum absolute atomic E-state index is 13.1. The second kappa shape index (κ2) is 6.64. The summed E-state index contributed by atoms with van der Waals surface area (Å²) in [5.41, 5.74) is -0.302. The first-order valence-corrected chi connectivity index (χ1v) is 7.66. The van der Waals surface area contributed by atoms with E-state index in [1.807, 2.05) is 26.8 Å². The van der Waals surface area contributed by atoms with Crippen molar-refractivity contribution in [2.45, 2.75) is 32.4 Å². The minimum Gasteiger partial charge on any atom is -0.506 e. The molecule has 5 heteroatoms. The van der Waals surface area contributed by atoms with Gasteiger partial charge in [-0.2, -0.15) is 18.4 Å². The van der Waals surface area contributed by atoms with Gasteiger partial charge in [0.1, 0.15) is 17.4 Å². The van der Waals surface area contributed by atoms with Crippen LogP contribution in [0.2, 0.25) is 0 Å². The van der Waals surface area contributed by atoms with Gasteiger partial charge in [-0.25, -0.2) is 0 Å². The molecule has 2 rings (SSSR count). The highest BCUT2D eigenvalue weighted by Crippen LogP contribution is 2.36. The first-order valence-electron chi connectivity index (χ1n) is 7.66. The van der Waals surface area contributed by atoms with Crippen LogP contribution < -0.4 is 0 Å². The van der Waals surface area contributed by atoms with Crippen LogP contribution in [0.15, 0.2) is 48.5 Å². The predicted octanol–water partition coefficient (Wildman–Crippen LogP) is 5.95. The molecule has 130 valence electrons. The summed E-state index contributed by atoms with van der Waals surface area (Å²) in [6.45, 7) is 6.08. The Kier molecular flexibility index (Phi) is 4.94. The summed E-state index contributed by atoms with van der Waals surface area (Å²) < 4.78 is 39.4. The Balaban J connectivity index is 2.59. The molecular formula is C20H18F3NO. The molecule has 0 saturated heterocycles. The SMILES string of the molecule is CC(C)(C)c1ccc(/C(C#N)=C(/O)c2ccccc2C(F)(F)F)cc1. The van der Waals surface area contributed by atoms with E-state index in [1.165, 1.54) is 12.1 Å². The molecule has 0 saturated carbocycles. The van der Waals surface area contributed by atoms with E-state index < -0.39 is 23.1 Å². The maximum atomic E-state index is 13.1. The second-order valence-corrected chi connectivity index (χ2v) is 6.71. The fourth-order valence-corrected chi connectivity index (χ4v) is 2.46. The normalized spacial score (nSPS) is 13.2. The van der Waals surface area contributed by atoms with Crippen LogP contribution in [0.5, 0.6) is 0 Å². The molecule has 0 atom stereocenters. The van der Waals surface area contributed by atoms with Gasteiger partial charge in [0.2, 0.25) is 0 Å². The summed E-state index contributed by atoms with van der Waals surface area (Å²) in [5, 5.41) is 19.7. The standard InChI is InChI=1S/C20H18F3NO/c1-19(2,3)14-10-8-13(9-11-14)16(12-24)18(25)15-6-4-5-7-17(15)20(21,22)23/h4-11,25H,1-3H3/b18-16+. The minimum atomic E-state index is -4.62. The summed E-state index contributed by atoms with van der Waals surface area (Å²) >= 11 is 0. The number of allylic oxidation sites excluding steroid dienone is 1. The Morgan fingerprint density at radius 1 is 0.960 bits per heavy atom. The molecule has 25 heavy (non-hydrogen) atoms. The Hall–Kier alpha value is -2.74. The van der Waals surface area contributed by atoms with Crippen molar-refractivity contribution < 1.29 is 18.3 Å². The largest absolute Gasteiger partial charge is 0.506 e. The Morgan fingerprint density at radius 2 is 1.52 bits per heavy atom. The molecule has 0 unspecified atom stereocenters. The molecule has 1 N–H and O–H groups in total. The first kappa shape index (κ1) is 18.6. The third-order valence-corrected chi connectivity index (χ3v) is 3.88. The van der Waals surface area contributed by atoms with Crippen LogP contribution in [0.3, 0.4) is 0 Å². The molecule has 0 aliphatic rings. The average molecular weight is 345 g/mol. The van der Waals surface area contributed by atoms with Gasteiger partial charge in [0.05, 0.1) is 5.56 Å². The smallest absolute Gasteiger partial charge is 0.417 e. The number of hydrogen-bond donors (Lipinski definition) is 1. The van der Waals surface area contributed by atoms with Crippen LogP contribution in [0.25, 0.3) is 11.3 Å². The van der Waals surface area contributed by atoms with Gasteiger partial charge in [0.25, 0.3) is 0 Å². The summed E-state index contributed by atoms with van der Waals surface area (Å²) in [5.74, 6) is -0.682. The lowest BCUT2D eigenvalue weighted by Gasteiger charge is -2.19. The number of halogens is 3. The van der Waals surface area contributed by atoms with Crippen molar-refractivity contribution in [3.63, 3.8) is 0 Å². The lowest BCUT2D eigenvalue weighted by atomic mass is 9.86. The van der Waals surface area contributed by atoms with Crippen LogP contribution in [0.1, 0.15) is 43.0 Å². The van der Waals surface area contributed by atoms with Gasteiger partial charge in [-0.05, 0) is 22.6 Å². The third kappa shape index (κ3) is 4.03. The molecule has 0 spiro atoms. The minimum absolute atomic E-state index is 0.0972. The van der Waals surface area contributed by atoms with Crippen LogP contribution in [0.4, 0.5) is 13.2 Å². The highest BCUT2D eigenvalue weighted by molar-refractivity contribution is 5.94. The fourth-order valence-electron chi connectivity index (χ4n) is 2.46. The lowest BCUT2D eigenvalue weighted by Crippen LogP contribution is -2.11. The van der Waals surface area contributed by atoms with Crippen LogP contribution in [0, 0.1) is 11.3 Å². The van der Waals surface area contributed by atoms with Crippen molar-refractivity contribution in [3.05, 3.63) is 70.8 Å². The van der Waals surface area contributed by atoms with E-state index in [0.29, 0.717) is 5.56 Å². The van der Waals surface area contributed by atoms with Crippen molar-refractivity contribution >= 4 is 11.3 Å². The van der Waals surface area contributed by atoms with E-state index in [2.05, 4.69) is 0 Å². The molecule has 0 fully saturated rings. The number of benzene rings is 2. The van der Waals surface area contributed by atoms with E-state index >= 15 is 0 Å². The number of aliphatic hydroxyl groups is 1. The maximum Gasteiger partial charge on any atom is 0.417 e. The molecule has 2 aromatic rings. The van der Waals surface area contributed by atoms with Crippen LogP contribution >= 0.6 is 0 Å². The number of rotatable bonds is 2. The van der Waals surface area contributed by atoms with Crippen molar-refractivity contribution in [2.75, 3.05) is 0 Å². The number of nitrogens with zero attached hydrogens (tertiary/aromatic N) is 1. The first-order chi connectivity index (χ1) is 11.6.